The van der Waals surface area contributed by atoms with Crippen LogP contribution in [-0.2, 0) is 4.79 Å². The average molecular weight is 299 g/mol. The lowest BCUT2D eigenvalue weighted by Gasteiger charge is -2.17. The molecule has 1 aromatic heterocycles. The van der Waals surface area contributed by atoms with Crippen LogP contribution in [0, 0.1) is 6.92 Å². The predicted octanol–water partition coefficient (Wildman–Crippen LogP) is 2.69. The maximum absolute atomic E-state index is 12.2. The highest BCUT2D eigenvalue weighted by Gasteiger charge is 2.17. The zero-order valence-corrected chi connectivity index (χ0v) is 12.2. The van der Waals surface area contributed by atoms with Gasteiger partial charge in [0, 0.05) is 28.0 Å². The fraction of sp³-hybridized carbons (Fsp3) is 0.133. The number of aryl methyl sites for hydroxylation is 1. The van der Waals surface area contributed by atoms with Gasteiger partial charge in [0.25, 0.3) is 5.91 Å². The van der Waals surface area contributed by atoms with Gasteiger partial charge >= 0.3 is 0 Å². The molecule has 1 aliphatic heterocycles. The van der Waals surface area contributed by atoms with Crippen LogP contribution in [0.4, 0.5) is 11.4 Å². The molecule has 2 aromatic rings. The molecular weight excluding hydrogens is 286 g/mol. The lowest BCUT2D eigenvalue weighted by molar-refractivity contribution is -0.113. The van der Waals surface area contributed by atoms with E-state index in [4.69, 9.17) is 0 Å². The van der Waals surface area contributed by atoms with E-state index < -0.39 is 0 Å². The Hall–Kier alpha value is -2.34. The van der Waals surface area contributed by atoms with Gasteiger partial charge < -0.3 is 10.6 Å². The number of nitrogens with zero attached hydrogens (tertiary/aromatic N) is 1. The Kier molecular flexibility index (Phi) is 3.62. The summed E-state index contributed by atoms with van der Waals surface area (Å²) in [4.78, 5) is 28.7. The smallest absolute Gasteiger partial charge is 0.255 e. The second kappa shape index (κ2) is 5.57. The molecule has 3 rings (SSSR count). The molecular formula is C15H13N3O2S. The summed E-state index contributed by atoms with van der Waals surface area (Å²) in [5.41, 5.74) is 2.73. The monoisotopic (exact) mass is 299 g/mol. The Morgan fingerprint density at radius 2 is 2.19 bits per heavy atom. The molecule has 0 saturated heterocycles. The number of anilines is 2. The van der Waals surface area contributed by atoms with E-state index in [1.165, 1.54) is 11.8 Å². The summed E-state index contributed by atoms with van der Waals surface area (Å²) < 4.78 is 0. The van der Waals surface area contributed by atoms with Crippen LogP contribution < -0.4 is 10.6 Å². The Balaban J connectivity index is 1.82. The molecule has 0 spiro atoms. The molecule has 1 aliphatic rings. The first kappa shape index (κ1) is 13.6. The predicted molar refractivity (Wildman–Crippen MR) is 82.7 cm³/mol. The number of carbonyl (C=O) groups excluding carboxylic acids is 2. The van der Waals surface area contributed by atoms with Crippen molar-refractivity contribution in [3.8, 4) is 0 Å². The number of rotatable bonds is 2. The van der Waals surface area contributed by atoms with E-state index in [2.05, 4.69) is 15.6 Å². The number of benzene rings is 1. The maximum Gasteiger partial charge on any atom is 0.255 e. The highest BCUT2D eigenvalue weighted by atomic mass is 32.2. The van der Waals surface area contributed by atoms with Crippen LogP contribution in [0.15, 0.2) is 41.4 Å². The first-order chi connectivity index (χ1) is 10.1. The quantitative estimate of drug-likeness (QED) is 0.894. The Morgan fingerprint density at radius 3 is 3.00 bits per heavy atom. The van der Waals surface area contributed by atoms with Gasteiger partial charge in [-0.2, -0.15) is 0 Å². The highest BCUT2D eigenvalue weighted by Crippen LogP contribution is 2.32. The van der Waals surface area contributed by atoms with Gasteiger partial charge in [-0.1, -0.05) is 0 Å². The molecule has 0 saturated carbocycles. The maximum atomic E-state index is 12.2. The number of nitrogens with one attached hydrogen (secondary N) is 2. The number of aromatic nitrogens is 1. The molecule has 5 nitrogen and oxygen atoms in total. The molecule has 0 bridgehead atoms. The van der Waals surface area contributed by atoms with Gasteiger partial charge in [0.05, 0.1) is 11.4 Å². The Morgan fingerprint density at radius 1 is 1.33 bits per heavy atom. The summed E-state index contributed by atoms with van der Waals surface area (Å²) in [6.45, 7) is 1.86. The van der Waals surface area contributed by atoms with Gasteiger partial charge in [-0.3, -0.25) is 14.6 Å². The van der Waals surface area contributed by atoms with Crippen LogP contribution in [0.3, 0.4) is 0 Å². The average Bonchev–Trinajstić information content (AvgIpc) is 2.46. The largest absolute Gasteiger partial charge is 0.324 e. The van der Waals surface area contributed by atoms with E-state index in [0.717, 1.165) is 10.6 Å². The van der Waals surface area contributed by atoms with Crippen molar-refractivity contribution >= 4 is 35.0 Å². The van der Waals surface area contributed by atoms with Crippen LogP contribution in [0.25, 0.3) is 0 Å². The van der Waals surface area contributed by atoms with Crippen LogP contribution in [0.2, 0.25) is 0 Å². The lowest BCUT2D eigenvalue weighted by Crippen LogP contribution is -2.19. The third-order valence-corrected chi connectivity index (χ3v) is 4.10. The second-order valence-electron chi connectivity index (χ2n) is 4.69. The number of carbonyl (C=O) groups is 2. The van der Waals surface area contributed by atoms with Gasteiger partial charge in [0.15, 0.2) is 0 Å². The topological polar surface area (TPSA) is 71.1 Å². The highest BCUT2D eigenvalue weighted by molar-refractivity contribution is 8.00. The Bertz CT molecular complexity index is 731. The molecule has 1 aromatic carbocycles. The van der Waals surface area contributed by atoms with E-state index >= 15 is 0 Å². The van der Waals surface area contributed by atoms with Gasteiger partial charge in [0.2, 0.25) is 5.91 Å². The van der Waals surface area contributed by atoms with Crippen LogP contribution in [0.1, 0.15) is 16.1 Å². The fourth-order valence-electron chi connectivity index (χ4n) is 2.05. The molecule has 6 heteroatoms. The number of amides is 2. The van der Waals surface area contributed by atoms with Gasteiger partial charge in [-0.05, 0) is 37.3 Å². The first-order valence-corrected chi connectivity index (χ1v) is 7.41. The van der Waals surface area contributed by atoms with Crippen LogP contribution >= 0.6 is 11.8 Å². The molecule has 2 amide bonds. The van der Waals surface area contributed by atoms with E-state index in [-0.39, 0.29) is 11.8 Å². The minimum absolute atomic E-state index is 0.0465. The number of pyridine rings is 1. The first-order valence-electron chi connectivity index (χ1n) is 6.42. The number of fused-ring (bicyclic) bond motifs is 1. The summed E-state index contributed by atoms with van der Waals surface area (Å²) in [5.74, 6) is 0.150. The van der Waals surface area contributed by atoms with Crippen molar-refractivity contribution in [1.29, 1.82) is 0 Å². The van der Waals surface area contributed by atoms with Gasteiger partial charge in [0.1, 0.15) is 0 Å². The van der Waals surface area contributed by atoms with E-state index in [0.29, 0.717) is 22.7 Å². The molecule has 0 radical (unpaired) electrons. The lowest BCUT2D eigenvalue weighted by atomic mass is 10.1. The Labute approximate surface area is 126 Å². The van der Waals surface area contributed by atoms with Crippen molar-refractivity contribution in [1.82, 2.24) is 4.98 Å². The second-order valence-corrected chi connectivity index (χ2v) is 5.70. The standard InChI is InChI=1S/C15H13N3O2S/c1-9-6-11(4-5-16-9)17-15(20)10-2-3-13-12(7-10)18-14(19)8-21-13/h2-7H,8H2,1H3,(H,18,19)(H,16,17,20). The van der Waals surface area contributed by atoms with Crippen LogP contribution in [0.5, 0.6) is 0 Å². The molecule has 0 aliphatic carbocycles. The minimum atomic E-state index is -0.215. The summed E-state index contributed by atoms with van der Waals surface area (Å²) in [5, 5.41) is 5.60. The normalized spacial score (nSPS) is 13.3. The van der Waals surface area contributed by atoms with E-state index in [9.17, 15) is 9.59 Å². The molecule has 0 atom stereocenters. The fourth-order valence-corrected chi connectivity index (χ4v) is 2.84. The number of hydrogen-bond donors (Lipinski definition) is 2. The summed E-state index contributed by atoms with van der Waals surface area (Å²) in [7, 11) is 0. The molecule has 2 heterocycles. The zero-order chi connectivity index (χ0) is 14.8. The van der Waals surface area contributed by atoms with Crippen molar-refractivity contribution in [2.45, 2.75) is 11.8 Å². The molecule has 0 unspecified atom stereocenters. The van der Waals surface area contributed by atoms with Gasteiger partial charge in [-0.15, -0.1) is 11.8 Å². The van der Waals surface area contributed by atoms with Gasteiger partial charge in [-0.25, -0.2) is 0 Å². The summed E-state index contributed by atoms with van der Waals surface area (Å²) >= 11 is 1.47. The van der Waals surface area contributed by atoms with E-state index in [1.54, 1.807) is 30.5 Å². The molecule has 21 heavy (non-hydrogen) atoms. The molecule has 2 N–H and O–H groups in total. The van der Waals surface area contributed by atoms with Crippen molar-refractivity contribution in [3.05, 3.63) is 47.8 Å². The summed E-state index contributed by atoms with van der Waals surface area (Å²) in [6.07, 6.45) is 1.65. The SMILES string of the molecule is Cc1cc(NC(=O)c2ccc3c(c2)NC(=O)CS3)ccn1. The number of hydrogen-bond acceptors (Lipinski definition) is 4. The third kappa shape index (κ3) is 3.05. The van der Waals surface area contributed by atoms with E-state index in [1.807, 2.05) is 13.0 Å². The number of thioether (sulfide) groups is 1. The molecule has 0 fully saturated rings. The summed E-state index contributed by atoms with van der Waals surface area (Å²) in [6, 6.07) is 8.84. The van der Waals surface area contributed by atoms with Crippen molar-refractivity contribution in [3.63, 3.8) is 0 Å². The van der Waals surface area contributed by atoms with Crippen molar-refractivity contribution in [2.75, 3.05) is 16.4 Å². The molecule has 106 valence electrons. The third-order valence-electron chi connectivity index (χ3n) is 3.03. The zero-order valence-electron chi connectivity index (χ0n) is 11.3. The minimum Gasteiger partial charge on any atom is -0.324 e. The van der Waals surface area contributed by atoms with Crippen LogP contribution in [-0.4, -0.2) is 22.6 Å². The van der Waals surface area contributed by atoms with Crippen molar-refractivity contribution in [2.24, 2.45) is 0 Å². The van der Waals surface area contributed by atoms with Crippen molar-refractivity contribution < 1.29 is 9.59 Å².